The summed E-state index contributed by atoms with van der Waals surface area (Å²) in [5.74, 6) is -0.0775. The summed E-state index contributed by atoms with van der Waals surface area (Å²) in [5.41, 5.74) is 2.15. The van der Waals surface area contributed by atoms with Crippen LogP contribution in [-0.4, -0.2) is 27.9 Å². The summed E-state index contributed by atoms with van der Waals surface area (Å²) < 4.78 is 0. The van der Waals surface area contributed by atoms with Crippen LogP contribution >= 0.6 is 23.5 Å². The van der Waals surface area contributed by atoms with Gasteiger partial charge in [0.1, 0.15) is 4.91 Å². The maximum atomic E-state index is 12.6. The number of nitrogens with zero attached hydrogens (tertiary/aromatic N) is 2. The van der Waals surface area contributed by atoms with Gasteiger partial charge in [-0.3, -0.25) is 15.1 Å². The molecule has 0 spiro atoms. The van der Waals surface area contributed by atoms with E-state index in [4.69, 9.17) is 5.41 Å². The summed E-state index contributed by atoms with van der Waals surface area (Å²) in [7, 11) is 1.95. The first-order chi connectivity index (χ1) is 10.1. The van der Waals surface area contributed by atoms with Crippen LogP contribution in [0.1, 0.15) is 12.5 Å². The number of amides is 1. The van der Waals surface area contributed by atoms with Gasteiger partial charge in [0.05, 0.1) is 11.6 Å². The molecule has 6 heteroatoms. The van der Waals surface area contributed by atoms with E-state index in [9.17, 15) is 4.79 Å². The molecule has 1 N–H and O–H groups in total. The third-order valence-corrected chi connectivity index (χ3v) is 5.71. The first kappa shape index (κ1) is 14.3. The van der Waals surface area contributed by atoms with Crippen LogP contribution in [0, 0.1) is 5.41 Å². The number of nitrogens with one attached hydrogen (secondary N) is 1. The van der Waals surface area contributed by atoms with E-state index in [0.717, 1.165) is 16.3 Å². The summed E-state index contributed by atoms with van der Waals surface area (Å²) in [5, 5.41) is 11.3. The predicted octanol–water partition coefficient (Wildman–Crippen LogP) is 3.41. The van der Waals surface area contributed by atoms with Crippen molar-refractivity contribution in [3.05, 3.63) is 56.9 Å². The van der Waals surface area contributed by atoms with Crippen molar-refractivity contribution in [2.45, 2.75) is 13.5 Å². The van der Waals surface area contributed by atoms with Gasteiger partial charge in [-0.2, -0.15) is 0 Å². The Hall–Kier alpha value is -1.66. The topological polar surface area (TPSA) is 47.4 Å². The van der Waals surface area contributed by atoms with Gasteiger partial charge in [0.25, 0.3) is 5.91 Å². The molecule has 1 amide bonds. The lowest BCUT2D eigenvalue weighted by Crippen LogP contribution is -2.28. The second-order valence-electron chi connectivity index (χ2n) is 4.85. The minimum atomic E-state index is -0.0775. The van der Waals surface area contributed by atoms with E-state index in [1.54, 1.807) is 11.8 Å². The Kier molecular flexibility index (Phi) is 3.82. The molecule has 0 saturated carbocycles. The number of hydrogen-bond acceptors (Lipinski definition) is 5. The molecule has 0 aliphatic carbocycles. The molecule has 0 atom stereocenters. The molecule has 1 saturated heterocycles. The summed E-state index contributed by atoms with van der Waals surface area (Å²) in [6, 6.07) is 9.78. The van der Waals surface area contributed by atoms with Gasteiger partial charge in [-0.1, -0.05) is 42.1 Å². The predicted molar refractivity (Wildman–Crippen MR) is 88.4 cm³/mol. The number of carbonyl (C=O) groups is 1. The lowest BCUT2D eigenvalue weighted by molar-refractivity contribution is -0.122. The monoisotopic (exact) mass is 317 g/mol. The first-order valence-electron chi connectivity index (χ1n) is 6.51. The molecule has 1 aromatic carbocycles. The molecular weight excluding hydrogens is 302 g/mol. The van der Waals surface area contributed by atoms with Crippen molar-refractivity contribution in [2.24, 2.45) is 0 Å². The average molecular weight is 317 g/mol. The molecule has 108 valence electrons. The second-order valence-corrected chi connectivity index (χ2v) is 6.71. The molecule has 2 aliphatic heterocycles. The quantitative estimate of drug-likeness (QED) is 0.849. The molecule has 1 fully saturated rings. The summed E-state index contributed by atoms with van der Waals surface area (Å²) in [4.78, 5) is 16.8. The fourth-order valence-electron chi connectivity index (χ4n) is 2.12. The van der Waals surface area contributed by atoms with Crippen molar-refractivity contribution < 1.29 is 4.79 Å². The van der Waals surface area contributed by atoms with Crippen LogP contribution in [0.4, 0.5) is 0 Å². The minimum Gasteiger partial charge on any atom is -0.341 e. The summed E-state index contributed by atoms with van der Waals surface area (Å²) in [6.07, 6.45) is 0. The molecule has 3 rings (SSSR count). The van der Waals surface area contributed by atoms with E-state index in [1.807, 2.05) is 54.6 Å². The van der Waals surface area contributed by atoms with Gasteiger partial charge in [0.15, 0.2) is 5.17 Å². The van der Waals surface area contributed by atoms with Crippen LogP contribution in [0.25, 0.3) is 0 Å². The number of thioether (sulfide) groups is 2. The van der Waals surface area contributed by atoms with Crippen LogP contribution in [0.2, 0.25) is 0 Å². The van der Waals surface area contributed by atoms with Crippen molar-refractivity contribution in [1.29, 1.82) is 5.41 Å². The molecule has 2 aliphatic rings. The number of rotatable bonds is 2. The Bertz CT molecular complexity index is 667. The van der Waals surface area contributed by atoms with Crippen LogP contribution in [0.15, 0.2) is 51.4 Å². The van der Waals surface area contributed by atoms with E-state index < -0.39 is 0 Å². The largest absolute Gasteiger partial charge is 0.341 e. The molecule has 4 nitrogen and oxygen atoms in total. The highest BCUT2D eigenvalue weighted by Gasteiger charge is 2.36. The highest BCUT2D eigenvalue weighted by Crippen LogP contribution is 2.42. The SMILES string of the molecule is CC1=CS/C(=C2\SC(=N)N(Cc3ccccc3)C2=O)N1C. The Morgan fingerprint density at radius 1 is 1.24 bits per heavy atom. The van der Waals surface area contributed by atoms with E-state index in [-0.39, 0.29) is 5.91 Å². The third kappa shape index (κ3) is 2.61. The molecule has 0 unspecified atom stereocenters. The highest BCUT2D eigenvalue weighted by atomic mass is 32.2. The standard InChI is InChI=1S/C15H15N3OS2/c1-10-9-20-14(17(10)2)12-13(19)18(15(16)21-12)8-11-6-4-3-5-7-11/h3-7,9,16H,8H2,1-2H3/b14-12-,16-15?. The highest BCUT2D eigenvalue weighted by molar-refractivity contribution is 8.19. The smallest absolute Gasteiger partial charge is 0.269 e. The molecule has 21 heavy (non-hydrogen) atoms. The second kappa shape index (κ2) is 5.61. The van der Waals surface area contributed by atoms with Crippen molar-refractivity contribution in [2.75, 3.05) is 7.05 Å². The van der Waals surface area contributed by atoms with Crippen molar-refractivity contribution in [3.8, 4) is 0 Å². The van der Waals surface area contributed by atoms with Crippen molar-refractivity contribution in [1.82, 2.24) is 9.80 Å². The minimum absolute atomic E-state index is 0.0775. The lowest BCUT2D eigenvalue weighted by Gasteiger charge is -2.17. The Morgan fingerprint density at radius 2 is 1.95 bits per heavy atom. The van der Waals surface area contributed by atoms with Gasteiger partial charge in [0.2, 0.25) is 0 Å². The van der Waals surface area contributed by atoms with Gasteiger partial charge >= 0.3 is 0 Å². The van der Waals surface area contributed by atoms with Gasteiger partial charge < -0.3 is 4.90 Å². The van der Waals surface area contributed by atoms with Crippen molar-refractivity contribution in [3.63, 3.8) is 0 Å². The summed E-state index contributed by atoms with van der Waals surface area (Å²) >= 11 is 2.80. The number of benzene rings is 1. The zero-order valence-corrected chi connectivity index (χ0v) is 13.4. The molecular formula is C15H15N3OS2. The van der Waals surface area contributed by atoms with E-state index in [2.05, 4.69) is 0 Å². The van der Waals surface area contributed by atoms with Crippen LogP contribution in [-0.2, 0) is 11.3 Å². The average Bonchev–Trinajstić information content (AvgIpc) is 2.95. The Balaban J connectivity index is 1.85. The fraction of sp³-hybridized carbons (Fsp3) is 0.200. The van der Waals surface area contributed by atoms with E-state index in [0.29, 0.717) is 16.6 Å². The number of carbonyl (C=O) groups excluding carboxylic acids is 1. The first-order valence-corrected chi connectivity index (χ1v) is 8.21. The van der Waals surface area contributed by atoms with E-state index >= 15 is 0 Å². The van der Waals surface area contributed by atoms with Gasteiger partial charge in [-0.25, -0.2) is 0 Å². The lowest BCUT2D eigenvalue weighted by atomic mass is 10.2. The molecule has 1 aromatic rings. The molecule has 0 aromatic heterocycles. The van der Waals surface area contributed by atoms with Crippen LogP contribution < -0.4 is 0 Å². The van der Waals surface area contributed by atoms with Gasteiger partial charge in [-0.05, 0) is 29.7 Å². The zero-order valence-electron chi connectivity index (χ0n) is 11.8. The van der Waals surface area contributed by atoms with Gasteiger partial charge in [0, 0.05) is 12.7 Å². The van der Waals surface area contributed by atoms with Gasteiger partial charge in [-0.15, -0.1) is 0 Å². The molecule has 0 bridgehead atoms. The number of amidine groups is 1. The maximum absolute atomic E-state index is 12.6. The zero-order chi connectivity index (χ0) is 15.0. The summed E-state index contributed by atoms with van der Waals surface area (Å²) in [6.45, 7) is 2.46. The van der Waals surface area contributed by atoms with Crippen molar-refractivity contribution >= 4 is 34.6 Å². The van der Waals surface area contributed by atoms with E-state index in [1.165, 1.54) is 16.7 Å². The Morgan fingerprint density at radius 3 is 2.57 bits per heavy atom. The Labute approximate surface area is 132 Å². The normalized spacial score (nSPS) is 22.3. The van der Waals surface area contributed by atoms with Crippen LogP contribution in [0.5, 0.6) is 0 Å². The molecule has 0 radical (unpaired) electrons. The third-order valence-electron chi connectivity index (χ3n) is 3.44. The van der Waals surface area contributed by atoms with Crippen LogP contribution in [0.3, 0.4) is 0 Å². The maximum Gasteiger partial charge on any atom is 0.269 e. The molecule has 2 heterocycles. The fourth-order valence-corrected chi connectivity index (χ4v) is 4.20. The number of hydrogen-bond donors (Lipinski definition) is 1. The number of allylic oxidation sites excluding steroid dienone is 1.